The average molecular weight is 290 g/mol. The molecule has 0 amide bonds. The SMILES string of the molecule is COc1c(Cl)cc(F)c(F)c1-c1cc(C(=O)O)on1. The first-order valence-electron chi connectivity index (χ1n) is 4.87. The third-order valence-electron chi connectivity index (χ3n) is 2.31. The summed E-state index contributed by atoms with van der Waals surface area (Å²) in [5.74, 6) is -4.53. The number of hydrogen-bond donors (Lipinski definition) is 1. The normalized spacial score (nSPS) is 10.5. The molecule has 0 fully saturated rings. The van der Waals surface area contributed by atoms with E-state index in [1.54, 1.807) is 0 Å². The Kier molecular flexibility index (Phi) is 3.39. The molecule has 0 saturated carbocycles. The van der Waals surface area contributed by atoms with E-state index in [1.807, 2.05) is 0 Å². The fraction of sp³-hybridized carbons (Fsp3) is 0.0909. The summed E-state index contributed by atoms with van der Waals surface area (Å²) in [6.45, 7) is 0. The fourth-order valence-electron chi connectivity index (χ4n) is 1.50. The van der Waals surface area contributed by atoms with Crippen LogP contribution in [0.1, 0.15) is 10.6 Å². The van der Waals surface area contributed by atoms with Crippen molar-refractivity contribution < 1.29 is 27.9 Å². The van der Waals surface area contributed by atoms with E-state index in [0.29, 0.717) is 0 Å². The van der Waals surface area contributed by atoms with Gasteiger partial charge in [-0.05, 0) is 6.07 Å². The summed E-state index contributed by atoms with van der Waals surface area (Å²) in [4.78, 5) is 10.7. The van der Waals surface area contributed by atoms with Gasteiger partial charge in [0.1, 0.15) is 11.4 Å². The molecule has 0 bridgehead atoms. The van der Waals surface area contributed by atoms with Gasteiger partial charge >= 0.3 is 5.97 Å². The number of rotatable bonds is 3. The third kappa shape index (κ3) is 2.24. The van der Waals surface area contributed by atoms with E-state index < -0.39 is 28.9 Å². The second-order valence-electron chi connectivity index (χ2n) is 3.44. The Morgan fingerprint density at radius 3 is 2.68 bits per heavy atom. The number of aromatic nitrogens is 1. The Bertz CT molecular complexity index is 656. The Morgan fingerprint density at radius 1 is 1.47 bits per heavy atom. The number of nitrogens with zero attached hydrogens (tertiary/aromatic N) is 1. The smallest absolute Gasteiger partial charge is 0.374 e. The van der Waals surface area contributed by atoms with E-state index in [9.17, 15) is 13.6 Å². The van der Waals surface area contributed by atoms with Crippen LogP contribution in [-0.4, -0.2) is 23.3 Å². The topological polar surface area (TPSA) is 72.6 Å². The number of halogens is 3. The Balaban J connectivity index is 2.69. The van der Waals surface area contributed by atoms with E-state index in [2.05, 4.69) is 9.68 Å². The van der Waals surface area contributed by atoms with Gasteiger partial charge in [0, 0.05) is 6.07 Å². The fourth-order valence-corrected chi connectivity index (χ4v) is 1.77. The quantitative estimate of drug-likeness (QED) is 0.879. The lowest BCUT2D eigenvalue weighted by molar-refractivity contribution is 0.0652. The molecule has 0 aliphatic heterocycles. The van der Waals surface area contributed by atoms with E-state index in [-0.39, 0.29) is 16.5 Å². The van der Waals surface area contributed by atoms with Crippen molar-refractivity contribution in [1.29, 1.82) is 0 Å². The summed E-state index contributed by atoms with van der Waals surface area (Å²) in [7, 11) is 1.21. The first-order valence-corrected chi connectivity index (χ1v) is 5.25. The van der Waals surface area contributed by atoms with Crippen LogP contribution in [0.5, 0.6) is 5.75 Å². The molecule has 1 aromatic carbocycles. The molecule has 0 radical (unpaired) electrons. The van der Waals surface area contributed by atoms with Crippen molar-refractivity contribution in [3.8, 4) is 17.0 Å². The lowest BCUT2D eigenvalue weighted by Crippen LogP contribution is -1.97. The van der Waals surface area contributed by atoms with Gasteiger partial charge in [0.2, 0.25) is 5.76 Å². The van der Waals surface area contributed by atoms with Crippen LogP contribution in [0.2, 0.25) is 5.02 Å². The van der Waals surface area contributed by atoms with Crippen LogP contribution in [0.4, 0.5) is 8.78 Å². The van der Waals surface area contributed by atoms with Crippen LogP contribution in [0.25, 0.3) is 11.3 Å². The molecule has 0 spiro atoms. The predicted octanol–water partition coefficient (Wildman–Crippen LogP) is 2.98. The molecule has 0 atom stereocenters. The van der Waals surface area contributed by atoms with E-state index in [4.69, 9.17) is 21.4 Å². The van der Waals surface area contributed by atoms with Gasteiger partial charge in [-0.3, -0.25) is 0 Å². The number of methoxy groups -OCH3 is 1. The second-order valence-corrected chi connectivity index (χ2v) is 3.85. The predicted molar refractivity (Wildman–Crippen MR) is 60.4 cm³/mol. The van der Waals surface area contributed by atoms with Crippen LogP contribution in [0.3, 0.4) is 0 Å². The first-order chi connectivity index (χ1) is 8.95. The zero-order chi connectivity index (χ0) is 14.2. The molecule has 8 heteroatoms. The summed E-state index contributed by atoms with van der Waals surface area (Å²) in [6, 6.07) is 1.69. The van der Waals surface area contributed by atoms with E-state index in [0.717, 1.165) is 12.1 Å². The molecule has 0 aliphatic rings. The molecule has 1 N–H and O–H groups in total. The van der Waals surface area contributed by atoms with E-state index in [1.165, 1.54) is 7.11 Å². The zero-order valence-corrected chi connectivity index (χ0v) is 10.2. The summed E-state index contributed by atoms with van der Waals surface area (Å²) in [5.41, 5.74) is -0.628. The van der Waals surface area contributed by atoms with Crippen molar-refractivity contribution in [1.82, 2.24) is 5.16 Å². The molecular formula is C11H6ClF2NO4. The lowest BCUT2D eigenvalue weighted by atomic mass is 10.1. The monoisotopic (exact) mass is 289 g/mol. The number of carbonyl (C=O) groups is 1. The number of hydrogen-bond acceptors (Lipinski definition) is 4. The van der Waals surface area contributed by atoms with Gasteiger partial charge in [0.25, 0.3) is 0 Å². The minimum absolute atomic E-state index is 0.161. The minimum atomic E-state index is -1.39. The van der Waals surface area contributed by atoms with Crippen molar-refractivity contribution >= 4 is 17.6 Å². The number of benzene rings is 1. The maximum atomic E-state index is 13.8. The van der Waals surface area contributed by atoms with Crippen molar-refractivity contribution in [3.05, 3.63) is 34.6 Å². The molecule has 0 aliphatic carbocycles. The zero-order valence-electron chi connectivity index (χ0n) is 9.41. The Labute approximate surface area is 110 Å². The molecule has 1 aromatic heterocycles. The summed E-state index contributed by atoms with van der Waals surface area (Å²) >= 11 is 5.72. The number of aromatic carboxylic acids is 1. The van der Waals surface area contributed by atoms with Crippen molar-refractivity contribution in [2.24, 2.45) is 0 Å². The molecule has 100 valence electrons. The Hall–Kier alpha value is -2.15. The molecule has 2 rings (SSSR count). The highest BCUT2D eigenvalue weighted by Gasteiger charge is 2.24. The maximum absolute atomic E-state index is 13.8. The number of carboxylic acid groups (broad SMARTS) is 1. The molecule has 0 unspecified atom stereocenters. The highest BCUT2D eigenvalue weighted by molar-refractivity contribution is 6.32. The first kappa shape index (κ1) is 13.3. The lowest BCUT2D eigenvalue weighted by Gasteiger charge is -2.09. The van der Waals surface area contributed by atoms with Crippen LogP contribution >= 0.6 is 11.6 Å². The van der Waals surface area contributed by atoms with Gasteiger partial charge in [-0.1, -0.05) is 16.8 Å². The van der Waals surface area contributed by atoms with Crippen LogP contribution in [-0.2, 0) is 0 Å². The minimum Gasteiger partial charge on any atom is -0.494 e. The van der Waals surface area contributed by atoms with Gasteiger partial charge in [0.05, 0.1) is 17.7 Å². The van der Waals surface area contributed by atoms with Gasteiger partial charge in [-0.15, -0.1) is 0 Å². The van der Waals surface area contributed by atoms with Gasteiger partial charge in [-0.25, -0.2) is 13.6 Å². The third-order valence-corrected chi connectivity index (χ3v) is 2.59. The van der Waals surface area contributed by atoms with Crippen LogP contribution in [0.15, 0.2) is 16.7 Å². The standard InChI is InChI=1S/C11H6ClF2NO4/c1-18-10-4(12)2-5(13)9(14)8(10)6-3-7(11(16)17)19-15-6/h2-3H,1H3,(H,16,17). The molecule has 2 aromatic rings. The van der Waals surface area contributed by atoms with E-state index >= 15 is 0 Å². The van der Waals surface area contributed by atoms with Crippen molar-refractivity contribution in [3.63, 3.8) is 0 Å². The molecule has 0 saturated heterocycles. The molecule has 19 heavy (non-hydrogen) atoms. The van der Waals surface area contributed by atoms with Gasteiger partial charge in [-0.2, -0.15) is 0 Å². The molecule has 5 nitrogen and oxygen atoms in total. The average Bonchev–Trinajstić information content (AvgIpc) is 2.82. The maximum Gasteiger partial charge on any atom is 0.374 e. The van der Waals surface area contributed by atoms with Crippen LogP contribution < -0.4 is 4.74 Å². The number of carboxylic acids is 1. The van der Waals surface area contributed by atoms with Gasteiger partial charge in [0.15, 0.2) is 11.6 Å². The number of ether oxygens (including phenoxy) is 1. The molecular weight excluding hydrogens is 284 g/mol. The Morgan fingerprint density at radius 2 is 2.16 bits per heavy atom. The van der Waals surface area contributed by atoms with Crippen molar-refractivity contribution in [2.45, 2.75) is 0 Å². The van der Waals surface area contributed by atoms with Crippen LogP contribution in [0, 0.1) is 11.6 Å². The highest BCUT2D eigenvalue weighted by atomic mass is 35.5. The summed E-state index contributed by atoms with van der Waals surface area (Å²) in [6.07, 6.45) is 0. The van der Waals surface area contributed by atoms with Gasteiger partial charge < -0.3 is 14.4 Å². The summed E-state index contributed by atoms with van der Waals surface area (Å²) < 4.78 is 36.4. The molecule has 1 heterocycles. The largest absolute Gasteiger partial charge is 0.494 e. The second kappa shape index (κ2) is 4.85. The van der Waals surface area contributed by atoms with Crippen molar-refractivity contribution in [2.75, 3.05) is 7.11 Å². The highest BCUT2D eigenvalue weighted by Crippen LogP contribution is 2.39. The summed E-state index contributed by atoms with van der Waals surface area (Å²) in [5, 5.41) is 11.9.